The molecule has 0 fully saturated rings. The van der Waals surface area contributed by atoms with Crippen molar-refractivity contribution >= 4 is 0 Å². The van der Waals surface area contributed by atoms with Gasteiger partial charge in [0, 0.05) is 5.54 Å². The van der Waals surface area contributed by atoms with E-state index < -0.39 is 0 Å². The van der Waals surface area contributed by atoms with Crippen molar-refractivity contribution in [3.05, 3.63) is 24.3 Å². The fraction of sp³-hybridized carbons (Fsp3) is 0.810. The third-order valence-electron chi connectivity index (χ3n) is 4.62. The highest BCUT2D eigenvalue weighted by atomic mass is 14.7. The second-order valence-electron chi connectivity index (χ2n) is 7.76. The molecule has 0 bridgehead atoms. The van der Waals surface area contributed by atoms with Crippen molar-refractivity contribution in [2.75, 3.05) is 0 Å². The summed E-state index contributed by atoms with van der Waals surface area (Å²) in [6, 6.07) is 0. The molecule has 0 rings (SSSR count). The molecule has 0 aromatic rings. The number of rotatable bonds is 14. The molecule has 0 radical (unpaired) electrons. The first-order valence-corrected chi connectivity index (χ1v) is 9.37. The van der Waals surface area contributed by atoms with E-state index in [1.807, 2.05) is 0 Å². The normalized spacial score (nSPS) is 15.3. The van der Waals surface area contributed by atoms with Crippen LogP contribution in [0.3, 0.4) is 0 Å². The van der Waals surface area contributed by atoms with Crippen molar-refractivity contribution < 1.29 is 0 Å². The van der Waals surface area contributed by atoms with Crippen LogP contribution in [-0.4, -0.2) is 5.54 Å². The van der Waals surface area contributed by atoms with Gasteiger partial charge in [-0.15, -0.1) is 13.2 Å². The monoisotopic (exact) mass is 307 g/mol. The lowest BCUT2D eigenvalue weighted by Crippen LogP contribution is -2.44. The first kappa shape index (κ1) is 21.4. The zero-order chi connectivity index (χ0) is 17.0. The molecule has 0 spiro atoms. The number of hydrogen-bond acceptors (Lipinski definition) is 1. The molecule has 0 amide bonds. The molecule has 130 valence electrons. The lowest BCUT2D eigenvalue weighted by atomic mass is 9.76. The Morgan fingerprint density at radius 2 is 1.41 bits per heavy atom. The number of hydrogen-bond donors (Lipinski definition) is 1. The van der Waals surface area contributed by atoms with Gasteiger partial charge in [-0.1, -0.05) is 69.4 Å². The van der Waals surface area contributed by atoms with Crippen LogP contribution in [0.25, 0.3) is 0 Å². The molecular weight excluding hydrogens is 266 g/mol. The standard InChI is InChI=1S/C21H41N/c1-7-8-9-10-11-12-13-14-15-20(16-18(2)3)21(6,22)17-19(4)5/h20H,2,4,7-17,22H2,1,3,5-6H3. The second kappa shape index (κ2) is 11.9. The van der Waals surface area contributed by atoms with Crippen molar-refractivity contribution in [2.45, 2.75) is 104 Å². The summed E-state index contributed by atoms with van der Waals surface area (Å²) in [4.78, 5) is 0. The molecule has 1 heteroatoms. The molecule has 2 unspecified atom stereocenters. The van der Waals surface area contributed by atoms with Crippen LogP contribution >= 0.6 is 0 Å². The topological polar surface area (TPSA) is 26.0 Å². The Hall–Kier alpha value is -0.560. The Labute approximate surface area is 140 Å². The first-order valence-electron chi connectivity index (χ1n) is 9.37. The summed E-state index contributed by atoms with van der Waals surface area (Å²) < 4.78 is 0. The van der Waals surface area contributed by atoms with Crippen LogP contribution in [0.1, 0.15) is 98.3 Å². The zero-order valence-corrected chi connectivity index (χ0v) is 15.8. The smallest absolute Gasteiger partial charge is 0.0194 e. The van der Waals surface area contributed by atoms with Gasteiger partial charge in [0.15, 0.2) is 0 Å². The molecule has 0 aliphatic rings. The van der Waals surface area contributed by atoms with Crippen LogP contribution in [0.5, 0.6) is 0 Å². The van der Waals surface area contributed by atoms with Crippen LogP contribution in [-0.2, 0) is 0 Å². The molecule has 1 nitrogen and oxygen atoms in total. The van der Waals surface area contributed by atoms with E-state index in [0.717, 1.165) is 12.8 Å². The Kier molecular flexibility index (Phi) is 11.6. The molecule has 0 heterocycles. The molecule has 0 aliphatic heterocycles. The molecule has 0 saturated heterocycles. The Bertz CT molecular complexity index is 314. The molecule has 0 saturated carbocycles. The van der Waals surface area contributed by atoms with E-state index in [0.29, 0.717) is 5.92 Å². The highest BCUT2D eigenvalue weighted by molar-refractivity contribution is 5.04. The predicted molar refractivity (Wildman–Crippen MR) is 102 cm³/mol. The molecule has 0 aromatic carbocycles. The van der Waals surface area contributed by atoms with Crippen LogP contribution in [0.2, 0.25) is 0 Å². The summed E-state index contributed by atoms with van der Waals surface area (Å²) in [5.74, 6) is 0.529. The molecule has 22 heavy (non-hydrogen) atoms. The van der Waals surface area contributed by atoms with E-state index in [1.165, 1.54) is 68.9 Å². The van der Waals surface area contributed by atoms with Gasteiger partial charge in [0.25, 0.3) is 0 Å². The summed E-state index contributed by atoms with van der Waals surface area (Å²) in [7, 11) is 0. The van der Waals surface area contributed by atoms with Crippen molar-refractivity contribution in [2.24, 2.45) is 11.7 Å². The predicted octanol–water partition coefficient (Wildman–Crippen LogP) is 6.78. The SMILES string of the molecule is C=C(C)CC(CCCCCCCCCC)C(C)(N)CC(=C)C. The van der Waals surface area contributed by atoms with Gasteiger partial charge in [0.05, 0.1) is 0 Å². The van der Waals surface area contributed by atoms with Crippen molar-refractivity contribution in [3.8, 4) is 0 Å². The van der Waals surface area contributed by atoms with Gasteiger partial charge in [0.2, 0.25) is 0 Å². The number of nitrogens with two attached hydrogens (primary N) is 1. The average Bonchev–Trinajstić information content (AvgIpc) is 2.38. The van der Waals surface area contributed by atoms with Gasteiger partial charge in [-0.3, -0.25) is 0 Å². The third kappa shape index (κ3) is 11.1. The average molecular weight is 308 g/mol. The fourth-order valence-corrected chi connectivity index (χ4v) is 3.40. The maximum atomic E-state index is 6.60. The first-order chi connectivity index (χ1) is 10.3. The van der Waals surface area contributed by atoms with Crippen LogP contribution in [0.15, 0.2) is 24.3 Å². The van der Waals surface area contributed by atoms with Gasteiger partial charge in [-0.25, -0.2) is 0 Å². The molecule has 2 N–H and O–H groups in total. The van der Waals surface area contributed by atoms with Crippen molar-refractivity contribution in [3.63, 3.8) is 0 Å². The lowest BCUT2D eigenvalue weighted by Gasteiger charge is -2.35. The summed E-state index contributed by atoms with van der Waals surface area (Å²) in [6.45, 7) is 16.8. The molecule has 0 aromatic heterocycles. The Balaban J connectivity index is 4.10. The maximum absolute atomic E-state index is 6.60. The van der Waals surface area contributed by atoms with Gasteiger partial charge < -0.3 is 5.73 Å². The Morgan fingerprint density at radius 1 is 0.909 bits per heavy atom. The zero-order valence-electron chi connectivity index (χ0n) is 15.8. The summed E-state index contributed by atoms with van der Waals surface area (Å²) in [6.07, 6.45) is 14.2. The van der Waals surface area contributed by atoms with E-state index in [1.54, 1.807) is 0 Å². The second-order valence-corrected chi connectivity index (χ2v) is 7.76. The summed E-state index contributed by atoms with van der Waals surface area (Å²) in [5.41, 5.74) is 8.90. The van der Waals surface area contributed by atoms with Crippen molar-refractivity contribution in [1.29, 1.82) is 0 Å². The molecule has 0 aliphatic carbocycles. The minimum Gasteiger partial charge on any atom is -0.325 e. The van der Waals surface area contributed by atoms with Gasteiger partial charge in [-0.05, 0) is 46.0 Å². The Morgan fingerprint density at radius 3 is 1.86 bits per heavy atom. The minimum atomic E-state index is -0.147. The molecule has 2 atom stereocenters. The fourth-order valence-electron chi connectivity index (χ4n) is 3.40. The molecular formula is C21H41N. The summed E-state index contributed by atoms with van der Waals surface area (Å²) in [5, 5.41) is 0. The third-order valence-corrected chi connectivity index (χ3v) is 4.62. The van der Waals surface area contributed by atoms with Crippen LogP contribution in [0.4, 0.5) is 0 Å². The lowest BCUT2D eigenvalue weighted by molar-refractivity contribution is 0.265. The van der Waals surface area contributed by atoms with Gasteiger partial charge >= 0.3 is 0 Å². The number of unbranched alkanes of at least 4 members (excludes halogenated alkanes) is 7. The van der Waals surface area contributed by atoms with Gasteiger partial charge in [-0.2, -0.15) is 0 Å². The van der Waals surface area contributed by atoms with E-state index in [9.17, 15) is 0 Å². The van der Waals surface area contributed by atoms with Gasteiger partial charge in [0.1, 0.15) is 0 Å². The van der Waals surface area contributed by atoms with Crippen LogP contribution < -0.4 is 5.73 Å². The summed E-state index contributed by atoms with van der Waals surface area (Å²) >= 11 is 0. The van der Waals surface area contributed by atoms with E-state index >= 15 is 0 Å². The number of allylic oxidation sites excluding steroid dienone is 1. The van der Waals surface area contributed by atoms with E-state index in [2.05, 4.69) is 40.9 Å². The van der Waals surface area contributed by atoms with E-state index in [-0.39, 0.29) is 5.54 Å². The van der Waals surface area contributed by atoms with Crippen molar-refractivity contribution in [1.82, 2.24) is 0 Å². The largest absolute Gasteiger partial charge is 0.325 e. The quantitative estimate of drug-likeness (QED) is 0.278. The highest BCUT2D eigenvalue weighted by Crippen LogP contribution is 2.31. The minimum absolute atomic E-state index is 0.147. The van der Waals surface area contributed by atoms with Crippen LogP contribution in [0, 0.1) is 5.92 Å². The highest BCUT2D eigenvalue weighted by Gasteiger charge is 2.29. The maximum Gasteiger partial charge on any atom is 0.0194 e. The van der Waals surface area contributed by atoms with E-state index in [4.69, 9.17) is 5.73 Å².